The summed E-state index contributed by atoms with van der Waals surface area (Å²) in [4.78, 5) is 14.4. The van der Waals surface area contributed by atoms with Crippen LogP contribution >= 0.6 is 0 Å². The van der Waals surface area contributed by atoms with Crippen molar-refractivity contribution in [3.8, 4) is 11.1 Å². The van der Waals surface area contributed by atoms with E-state index < -0.39 is 15.7 Å². The van der Waals surface area contributed by atoms with Crippen LogP contribution in [0.5, 0.6) is 0 Å². The molecule has 4 rings (SSSR count). The zero-order valence-electron chi connectivity index (χ0n) is 19.7. The minimum absolute atomic E-state index is 0.181. The van der Waals surface area contributed by atoms with Gasteiger partial charge in [0.1, 0.15) is 0 Å². The van der Waals surface area contributed by atoms with Crippen molar-refractivity contribution in [1.29, 1.82) is 0 Å². The number of sulfone groups is 1. The monoisotopic (exact) mass is 477 g/mol. The van der Waals surface area contributed by atoms with Crippen molar-refractivity contribution in [2.75, 3.05) is 29.9 Å². The Morgan fingerprint density at radius 3 is 2.56 bits per heavy atom. The summed E-state index contributed by atoms with van der Waals surface area (Å²) in [5.74, 6) is -0.0791. The van der Waals surface area contributed by atoms with Gasteiger partial charge < -0.3 is 11.1 Å². The van der Waals surface area contributed by atoms with Gasteiger partial charge in [-0.25, -0.2) is 8.42 Å². The minimum Gasteiger partial charge on any atom is -0.366 e. The summed E-state index contributed by atoms with van der Waals surface area (Å²) >= 11 is 0. The van der Waals surface area contributed by atoms with E-state index in [0.717, 1.165) is 47.6 Å². The molecule has 3 aromatic carbocycles. The number of carbonyl (C=O) groups excluding carboxylic acids is 1. The Bertz CT molecular complexity index is 1300. The van der Waals surface area contributed by atoms with Gasteiger partial charge in [0.25, 0.3) is 0 Å². The second-order valence-electron chi connectivity index (χ2n) is 8.76. The Morgan fingerprint density at radius 1 is 1.09 bits per heavy atom. The molecule has 0 saturated carbocycles. The first kappa shape index (κ1) is 24.0. The molecule has 0 spiro atoms. The molecular formula is C27H31N3O3S. The predicted octanol–water partition coefficient (Wildman–Crippen LogP) is 4.30. The molecule has 3 aromatic rings. The lowest BCUT2D eigenvalue weighted by Crippen LogP contribution is -2.34. The van der Waals surface area contributed by atoms with Crippen molar-refractivity contribution in [2.45, 2.75) is 26.8 Å². The molecule has 34 heavy (non-hydrogen) atoms. The lowest BCUT2D eigenvalue weighted by atomic mass is 9.94. The van der Waals surface area contributed by atoms with Gasteiger partial charge in [-0.05, 0) is 59.4 Å². The average Bonchev–Trinajstić information content (AvgIpc) is 2.84. The summed E-state index contributed by atoms with van der Waals surface area (Å²) in [6, 6.07) is 20.0. The molecule has 0 saturated heterocycles. The number of nitrogens with one attached hydrogen (secondary N) is 1. The molecule has 0 fully saturated rings. The fourth-order valence-electron chi connectivity index (χ4n) is 4.50. The van der Waals surface area contributed by atoms with E-state index in [4.69, 9.17) is 5.73 Å². The quantitative estimate of drug-likeness (QED) is 0.505. The Labute approximate surface area is 201 Å². The van der Waals surface area contributed by atoms with Crippen molar-refractivity contribution in [2.24, 2.45) is 5.73 Å². The molecule has 0 unspecified atom stereocenters. The van der Waals surface area contributed by atoms with Gasteiger partial charge in [-0.2, -0.15) is 0 Å². The highest BCUT2D eigenvalue weighted by Crippen LogP contribution is 2.33. The summed E-state index contributed by atoms with van der Waals surface area (Å²) in [5.41, 5.74) is 13.3. The summed E-state index contributed by atoms with van der Waals surface area (Å²) in [7, 11) is -2.98. The predicted molar refractivity (Wildman–Crippen MR) is 138 cm³/mol. The first-order valence-corrected chi connectivity index (χ1v) is 13.4. The molecule has 1 heterocycles. The first-order chi connectivity index (χ1) is 16.3. The second-order valence-corrected chi connectivity index (χ2v) is 11.2. The van der Waals surface area contributed by atoms with Gasteiger partial charge in [-0.15, -0.1) is 0 Å². The van der Waals surface area contributed by atoms with E-state index in [1.165, 1.54) is 11.1 Å². The van der Waals surface area contributed by atoms with Crippen LogP contribution in [-0.4, -0.2) is 43.8 Å². The number of benzene rings is 3. The molecule has 0 aliphatic carbocycles. The van der Waals surface area contributed by atoms with Gasteiger partial charge in [0.2, 0.25) is 5.91 Å². The smallest absolute Gasteiger partial charge is 0.249 e. The molecule has 1 aliphatic heterocycles. The van der Waals surface area contributed by atoms with Crippen molar-refractivity contribution in [3.63, 3.8) is 0 Å². The fraction of sp³-hybridized carbons (Fsp3) is 0.296. The van der Waals surface area contributed by atoms with E-state index >= 15 is 0 Å². The number of rotatable bonds is 8. The number of fused-ring (bicyclic) bond motifs is 1. The molecule has 0 bridgehead atoms. The number of nitrogens with zero attached hydrogens (tertiary/aromatic N) is 1. The van der Waals surface area contributed by atoms with Crippen LogP contribution in [0.4, 0.5) is 11.4 Å². The number of hydrogen-bond donors (Lipinski definition) is 2. The molecule has 1 amide bonds. The molecule has 1 aliphatic rings. The SMILES string of the molecule is CCS(=O)(=O)CCN1CCc2c(cccc2Nc2cc(C(N)=O)c(C)c(-c3ccccc3)c2)C1. The van der Waals surface area contributed by atoms with Crippen LogP contribution < -0.4 is 11.1 Å². The van der Waals surface area contributed by atoms with Gasteiger partial charge in [0.15, 0.2) is 9.84 Å². The maximum atomic E-state index is 12.2. The summed E-state index contributed by atoms with van der Waals surface area (Å²) in [6.07, 6.45) is 0.824. The van der Waals surface area contributed by atoms with Crippen LogP contribution in [0.1, 0.15) is 34.0 Å². The molecule has 0 radical (unpaired) electrons. The van der Waals surface area contributed by atoms with Crippen LogP contribution in [0.2, 0.25) is 0 Å². The van der Waals surface area contributed by atoms with Crippen LogP contribution in [0.25, 0.3) is 11.1 Å². The number of anilines is 2. The van der Waals surface area contributed by atoms with Crippen molar-refractivity contribution < 1.29 is 13.2 Å². The zero-order chi connectivity index (χ0) is 24.3. The van der Waals surface area contributed by atoms with E-state index in [0.29, 0.717) is 12.1 Å². The maximum Gasteiger partial charge on any atom is 0.249 e. The number of hydrogen-bond acceptors (Lipinski definition) is 5. The van der Waals surface area contributed by atoms with Crippen molar-refractivity contribution in [3.05, 3.63) is 82.9 Å². The zero-order valence-corrected chi connectivity index (χ0v) is 20.5. The second kappa shape index (κ2) is 9.99. The highest BCUT2D eigenvalue weighted by Gasteiger charge is 2.21. The third kappa shape index (κ3) is 5.32. The highest BCUT2D eigenvalue weighted by molar-refractivity contribution is 7.91. The van der Waals surface area contributed by atoms with Crippen LogP contribution in [0.3, 0.4) is 0 Å². The Kier molecular flexibility index (Phi) is 7.05. The molecule has 3 N–H and O–H groups in total. The van der Waals surface area contributed by atoms with E-state index in [2.05, 4.69) is 22.3 Å². The lowest BCUT2D eigenvalue weighted by molar-refractivity contribution is 0.1000. The standard InChI is InChI=1S/C27H31N3O3S/c1-3-34(32,33)15-14-30-13-12-23-21(18-30)10-7-11-26(23)29-22-16-24(20-8-5-4-6-9-20)19(2)25(17-22)27(28)31/h4-11,16-17,29H,3,12-15,18H2,1-2H3,(H2,28,31). The van der Waals surface area contributed by atoms with Gasteiger partial charge in [-0.1, -0.05) is 49.4 Å². The summed E-state index contributed by atoms with van der Waals surface area (Å²) in [6.45, 7) is 5.69. The number of nitrogens with two attached hydrogens (primary N) is 1. The topological polar surface area (TPSA) is 92.5 Å². The van der Waals surface area contributed by atoms with Crippen LogP contribution in [0.15, 0.2) is 60.7 Å². The summed E-state index contributed by atoms with van der Waals surface area (Å²) < 4.78 is 23.8. The minimum atomic E-state index is -2.98. The number of carbonyl (C=O) groups is 1. The average molecular weight is 478 g/mol. The van der Waals surface area contributed by atoms with E-state index in [1.807, 2.05) is 55.5 Å². The van der Waals surface area contributed by atoms with E-state index in [9.17, 15) is 13.2 Å². The van der Waals surface area contributed by atoms with E-state index in [1.54, 1.807) is 6.92 Å². The third-order valence-electron chi connectivity index (χ3n) is 6.54. The van der Waals surface area contributed by atoms with Crippen LogP contribution in [-0.2, 0) is 22.8 Å². The van der Waals surface area contributed by atoms with Crippen molar-refractivity contribution >= 4 is 27.1 Å². The van der Waals surface area contributed by atoms with Crippen molar-refractivity contribution in [1.82, 2.24) is 4.90 Å². The van der Waals surface area contributed by atoms with Gasteiger partial charge in [0.05, 0.1) is 5.75 Å². The summed E-state index contributed by atoms with van der Waals surface area (Å²) in [5, 5.41) is 3.52. The molecular weight excluding hydrogens is 446 g/mol. The van der Waals surface area contributed by atoms with Gasteiger partial charge in [0, 0.05) is 42.3 Å². The van der Waals surface area contributed by atoms with E-state index in [-0.39, 0.29) is 11.5 Å². The fourth-order valence-corrected chi connectivity index (χ4v) is 5.33. The highest BCUT2D eigenvalue weighted by atomic mass is 32.2. The largest absolute Gasteiger partial charge is 0.366 e. The molecule has 0 atom stereocenters. The third-order valence-corrected chi connectivity index (χ3v) is 8.22. The molecule has 0 aromatic heterocycles. The molecule has 6 nitrogen and oxygen atoms in total. The Morgan fingerprint density at radius 2 is 1.85 bits per heavy atom. The Balaban J connectivity index is 1.62. The van der Waals surface area contributed by atoms with Gasteiger partial charge in [-0.3, -0.25) is 9.69 Å². The van der Waals surface area contributed by atoms with Gasteiger partial charge >= 0.3 is 0 Å². The number of amides is 1. The normalized spacial score (nSPS) is 13.9. The molecule has 7 heteroatoms. The number of primary amides is 1. The first-order valence-electron chi connectivity index (χ1n) is 11.6. The molecule has 178 valence electrons. The maximum absolute atomic E-state index is 12.2. The Hall–Kier alpha value is -3.16. The van der Waals surface area contributed by atoms with Crippen LogP contribution in [0, 0.1) is 6.92 Å². The lowest BCUT2D eigenvalue weighted by Gasteiger charge is -2.30.